The monoisotopic (exact) mass is 373 g/mol. The third-order valence-corrected chi connectivity index (χ3v) is 9.40. The van der Waals surface area contributed by atoms with Crippen molar-refractivity contribution in [2.24, 2.45) is 5.41 Å². The van der Waals surface area contributed by atoms with E-state index in [4.69, 9.17) is 13.9 Å². The maximum absolute atomic E-state index is 12.8. The van der Waals surface area contributed by atoms with Crippen LogP contribution < -0.4 is 0 Å². The Morgan fingerprint density at radius 3 is 2.08 bits per heavy atom. The van der Waals surface area contributed by atoms with Crippen LogP contribution in [-0.4, -0.2) is 51.3 Å². The van der Waals surface area contributed by atoms with Crippen LogP contribution in [0.1, 0.15) is 54.4 Å². The molecule has 25 heavy (non-hydrogen) atoms. The SMILES string of the molecule is COC1CC[C@@H](COC(=O)C(C)(C)C)N1C(=O)O[Si](C)(C)C(C)(C)C. The van der Waals surface area contributed by atoms with Gasteiger partial charge in [-0.05, 0) is 51.7 Å². The molecule has 0 bridgehead atoms. The number of hydrogen-bond donors (Lipinski definition) is 0. The molecule has 0 aromatic carbocycles. The zero-order chi connectivity index (χ0) is 19.6. The molecular formula is C18H35NO5Si. The molecule has 6 nitrogen and oxygen atoms in total. The van der Waals surface area contributed by atoms with Gasteiger partial charge < -0.3 is 13.9 Å². The highest BCUT2D eigenvalue weighted by Crippen LogP contribution is 2.38. The number of carbonyl (C=O) groups is 2. The molecule has 2 atom stereocenters. The van der Waals surface area contributed by atoms with E-state index < -0.39 is 13.7 Å². The molecule has 7 heteroatoms. The molecule has 0 aromatic rings. The van der Waals surface area contributed by atoms with Crippen LogP contribution in [0.15, 0.2) is 0 Å². The highest BCUT2D eigenvalue weighted by atomic mass is 28.4. The van der Waals surface area contributed by atoms with E-state index in [-0.39, 0.29) is 36.0 Å². The summed E-state index contributed by atoms with van der Waals surface area (Å²) < 4.78 is 16.8. The molecule has 0 radical (unpaired) electrons. The highest BCUT2D eigenvalue weighted by molar-refractivity contribution is 6.75. The first-order valence-corrected chi connectivity index (χ1v) is 11.8. The van der Waals surface area contributed by atoms with Gasteiger partial charge in [0.2, 0.25) is 0 Å². The van der Waals surface area contributed by atoms with E-state index in [2.05, 4.69) is 20.8 Å². The highest BCUT2D eigenvalue weighted by Gasteiger charge is 2.45. The predicted molar refractivity (Wildman–Crippen MR) is 99.8 cm³/mol. The number of amides is 1. The lowest BCUT2D eigenvalue weighted by molar-refractivity contribution is -0.154. The van der Waals surface area contributed by atoms with Crippen LogP contribution in [0.3, 0.4) is 0 Å². The first-order chi connectivity index (χ1) is 11.2. The van der Waals surface area contributed by atoms with Crippen molar-refractivity contribution in [2.75, 3.05) is 13.7 Å². The Morgan fingerprint density at radius 1 is 1.08 bits per heavy atom. The molecule has 1 aliphatic heterocycles. The molecule has 0 saturated carbocycles. The van der Waals surface area contributed by atoms with Crippen molar-refractivity contribution in [3.05, 3.63) is 0 Å². The van der Waals surface area contributed by atoms with Crippen LogP contribution in [-0.2, 0) is 18.7 Å². The third-order valence-electron chi connectivity index (χ3n) is 5.10. The molecule has 1 heterocycles. The summed E-state index contributed by atoms with van der Waals surface area (Å²) in [5.74, 6) is -0.272. The average molecular weight is 374 g/mol. The quantitative estimate of drug-likeness (QED) is 0.547. The summed E-state index contributed by atoms with van der Waals surface area (Å²) in [4.78, 5) is 26.5. The number of methoxy groups -OCH3 is 1. The third kappa shape index (κ3) is 5.44. The molecule has 1 rings (SSSR count). The van der Waals surface area contributed by atoms with E-state index >= 15 is 0 Å². The van der Waals surface area contributed by atoms with Crippen molar-refractivity contribution in [3.63, 3.8) is 0 Å². The van der Waals surface area contributed by atoms with Gasteiger partial charge in [0.1, 0.15) is 12.8 Å². The molecule has 1 fully saturated rings. The summed E-state index contributed by atoms with van der Waals surface area (Å²) in [6.07, 6.45) is 0.729. The van der Waals surface area contributed by atoms with E-state index in [0.717, 1.165) is 6.42 Å². The van der Waals surface area contributed by atoms with E-state index in [1.54, 1.807) is 12.0 Å². The van der Waals surface area contributed by atoms with Crippen LogP contribution in [0.2, 0.25) is 18.1 Å². The lowest BCUT2D eigenvalue weighted by Crippen LogP contribution is -2.51. The van der Waals surface area contributed by atoms with E-state index in [0.29, 0.717) is 6.42 Å². The zero-order valence-electron chi connectivity index (χ0n) is 17.3. The minimum absolute atomic E-state index is 0.0703. The second-order valence-electron chi connectivity index (χ2n) is 9.31. The molecule has 1 unspecified atom stereocenters. The van der Waals surface area contributed by atoms with Crippen molar-refractivity contribution in [3.8, 4) is 0 Å². The molecule has 0 spiro atoms. The Kier molecular flexibility index (Phi) is 6.73. The molecule has 1 amide bonds. The van der Waals surface area contributed by atoms with E-state index in [1.165, 1.54) is 0 Å². The standard InChI is InChI=1S/C18H35NO5Si/c1-17(2,3)15(20)23-12-13-10-11-14(22-7)19(13)16(21)24-25(8,9)18(4,5)6/h13-14H,10-12H2,1-9H3/t13-,14?/m0/s1. The minimum atomic E-state index is -2.24. The molecule has 0 aromatic heterocycles. The topological polar surface area (TPSA) is 65.1 Å². The fourth-order valence-corrected chi connectivity index (χ4v) is 3.17. The van der Waals surface area contributed by atoms with Gasteiger partial charge in [-0.25, -0.2) is 4.79 Å². The average Bonchev–Trinajstić information content (AvgIpc) is 2.84. The van der Waals surface area contributed by atoms with Gasteiger partial charge in [0, 0.05) is 7.11 Å². The van der Waals surface area contributed by atoms with Crippen LogP contribution in [0, 0.1) is 5.41 Å². The summed E-state index contributed by atoms with van der Waals surface area (Å²) in [5.41, 5.74) is -0.564. The second kappa shape index (κ2) is 7.66. The van der Waals surface area contributed by atoms with Crippen molar-refractivity contribution in [2.45, 2.75) is 84.8 Å². The van der Waals surface area contributed by atoms with Gasteiger partial charge in [0.05, 0.1) is 11.5 Å². The Bertz CT molecular complexity index is 493. The molecule has 1 saturated heterocycles. The number of hydrogen-bond acceptors (Lipinski definition) is 5. The van der Waals surface area contributed by atoms with Gasteiger partial charge in [0.15, 0.2) is 0 Å². The van der Waals surface area contributed by atoms with E-state index in [1.807, 2.05) is 33.9 Å². The Balaban J connectivity index is 2.84. The summed E-state index contributed by atoms with van der Waals surface area (Å²) in [7, 11) is -0.653. The Morgan fingerprint density at radius 2 is 1.64 bits per heavy atom. The maximum atomic E-state index is 12.8. The largest absolute Gasteiger partial charge is 0.503 e. The van der Waals surface area contributed by atoms with Gasteiger partial charge in [-0.3, -0.25) is 9.69 Å². The number of nitrogens with zero attached hydrogens (tertiary/aromatic N) is 1. The zero-order valence-corrected chi connectivity index (χ0v) is 18.3. The summed E-state index contributed by atoms with van der Waals surface area (Å²) in [6, 6.07) is -0.214. The number of rotatable bonds is 4. The van der Waals surface area contributed by atoms with Gasteiger partial charge in [-0.1, -0.05) is 20.8 Å². The van der Waals surface area contributed by atoms with Crippen LogP contribution in [0.25, 0.3) is 0 Å². The minimum Gasteiger partial charge on any atom is -0.503 e. The lowest BCUT2D eigenvalue weighted by atomic mass is 9.97. The Labute approximate surface area is 153 Å². The van der Waals surface area contributed by atoms with Gasteiger partial charge >= 0.3 is 12.1 Å². The molecule has 0 aliphatic carbocycles. The van der Waals surface area contributed by atoms with Gasteiger partial charge in [-0.15, -0.1) is 0 Å². The lowest BCUT2D eigenvalue weighted by Gasteiger charge is -2.38. The Hall–Kier alpha value is -1.08. The van der Waals surface area contributed by atoms with Crippen LogP contribution >= 0.6 is 0 Å². The summed E-state index contributed by atoms with van der Waals surface area (Å²) in [6.45, 7) is 16.0. The molecule has 1 aliphatic rings. The molecule has 0 N–H and O–H groups in total. The first-order valence-electron chi connectivity index (χ1n) is 8.92. The van der Waals surface area contributed by atoms with Crippen LogP contribution in [0.4, 0.5) is 4.79 Å². The van der Waals surface area contributed by atoms with Crippen molar-refractivity contribution in [1.29, 1.82) is 0 Å². The first kappa shape index (κ1) is 22.0. The van der Waals surface area contributed by atoms with Crippen molar-refractivity contribution in [1.82, 2.24) is 4.90 Å². The number of ether oxygens (including phenoxy) is 2. The summed E-state index contributed by atoms with van der Waals surface area (Å²) in [5, 5.41) is -0.0703. The van der Waals surface area contributed by atoms with E-state index in [9.17, 15) is 9.59 Å². The fourth-order valence-electron chi connectivity index (χ4n) is 2.32. The molecule has 146 valence electrons. The normalized spacial score (nSPS) is 22.0. The predicted octanol–water partition coefficient (Wildman–Crippen LogP) is 4.15. The maximum Gasteiger partial charge on any atom is 0.398 e. The molecular weight excluding hydrogens is 338 g/mol. The van der Waals surface area contributed by atoms with Crippen molar-refractivity contribution < 1.29 is 23.5 Å². The number of esters is 1. The second-order valence-corrected chi connectivity index (χ2v) is 14.0. The smallest absolute Gasteiger partial charge is 0.398 e. The number of carbonyl (C=O) groups excluding carboxylic acids is 2. The summed E-state index contributed by atoms with van der Waals surface area (Å²) >= 11 is 0. The fraction of sp³-hybridized carbons (Fsp3) is 0.889. The van der Waals surface area contributed by atoms with Crippen molar-refractivity contribution >= 4 is 20.4 Å². The van der Waals surface area contributed by atoms with Gasteiger partial charge in [0.25, 0.3) is 8.32 Å². The van der Waals surface area contributed by atoms with Gasteiger partial charge in [-0.2, -0.15) is 0 Å². The van der Waals surface area contributed by atoms with Crippen LogP contribution in [0.5, 0.6) is 0 Å². The number of likely N-dealkylation sites (tertiary alicyclic amines) is 1.